The van der Waals surface area contributed by atoms with Crippen LogP contribution in [-0.2, 0) is 0 Å². The van der Waals surface area contributed by atoms with Gasteiger partial charge in [-0.25, -0.2) is 19.2 Å². The maximum atomic E-state index is 13.3. The summed E-state index contributed by atoms with van der Waals surface area (Å²) in [7, 11) is 0. The SMILES string of the molecule is Cc1nc(Nc2ccc(Br)c(F)c2)ncc1C(=O)O. The predicted octanol–water partition coefficient (Wildman–Crippen LogP) is 3.13. The molecule has 0 amide bonds. The van der Waals surface area contributed by atoms with E-state index in [0.717, 1.165) is 0 Å². The standard InChI is InChI=1S/C12H9BrFN3O2/c1-6-8(11(18)19)5-15-12(16-6)17-7-2-3-9(13)10(14)4-7/h2-5H,1H3,(H,18,19)(H,15,16,17). The van der Waals surface area contributed by atoms with Crippen LogP contribution in [-0.4, -0.2) is 21.0 Å². The van der Waals surface area contributed by atoms with Crippen LogP contribution in [0.5, 0.6) is 0 Å². The van der Waals surface area contributed by atoms with Gasteiger partial charge in [-0.3, -0.25) is 0 Å². The number of aromatic nitrogens is 2. The molecule has 0 unspecified atom stereocenters. The first-order valence-corrected chi connectivity index (χ1v) is 6.05. The Morgan fingerprint density at radius 1 is 1.47 bits per heavy atom. The van der Waals surface area contributed by atoms with Crippen LogP contribution in [0.4, 0.5) is 16.0 Å². The largest absolute Gasteiger partial charge is 0.478 e. The number of hydrogen-bond donors (Lipinski definition) is 2. The first kappa shape index (κ1) is 13.4. The summed E-state index contributed by atoms with van der Waals surface area (Å²) >= 11 is 3.05. The zero-order chi connectivity index (χ0) is 14.0. The molecule has 0 saturated carbocycles. The molecule has 1 aromatic carbocycles. The van der Waals surface area contributed by atoms with Crippen molar-refractivity contribution in [2.24, 2.45) is 0 Å². The van der Waals surface area contributed by atoms with Crippen LogP contribution in [0.15, 0.2) is 28.9 Å². The van der Waals surface area contributed by atoms with Gasteiger partial charge in [0, 0.05) is 11.9 Å². The molecule has 2 rings (SSSR count). The second-order valence-electron chi connectivity index (χ2n) is 3.75. The topological polar surface area (TPSA) is 75.1 Å². The number of aromatic carboxylic acids is 1. The number of carbonyl (C=O) groups is 1. The van der Waals surface area contributed by atoms with E-state index < -0.39 is 11.8 Å². The highest BCUT2D eigenvalue weighted by atomic mass is 79.9. The van der Waals surface area contributed by atoms with Crippen LogP contribution in [0.3, 0.4) is 0 Å². The normalized spacial score (nSPS) is 10.3. The Hall–Kier alpha value is -2.02. The van der Waals surface area contributed by atoms with Gasteiger partial charge in [0.15, 0.2) is 0 Å². The Morgan fingerprint density at radius 3 is 2.79 bits per heavy atom. The highest BCUT2D eigenvalue weighted by Crippen LogP contribution is 2.21. The van der Waals surface area contributed by atoms with Gasteiger partial charge in [0.05, 0.1) is 15.7 Å². The average Bonchev–Trinajstić information content (AvgIpc) is 2.33. The van der Waals surface area contributed by atoms with Crippen LogP contribution in [0.1, 0.15) is 16.1 Å². The zero-order valence-corrected chi connectivity index (χ0v) is 11.4. The van der Waals surface area contributed by atoms with Crippen molar-refractivity contribution in [2.45, 2.75) is 6.92 Å². The number of anilines is 2. The summed E-state index contributed by atoms with van der Waals surface area (Å²) in [5.74, 6) is -1.29. The third-order valence-electron chi connectivity index (χ3n) is 2.39. The van der Waals surface area contributed by atoms with Crippen molar-refractivity contribution in [1.29, 1.82) is 0 Å². The van der Waals surface area contributed by atoms with E-state index >= 15 is 0 Å². The maximum Gasteiger partial charge on any atom is 0.339 e. The number of nitrogens with one attached hydrogen (secondary N) is 1. The monoisotopic (exact) mass is 325 g/mol. The first-order valence-electron chi connectivity index (χ1n) is 5.26. The summed E-state index contributed by atoms with van der Waals surface area (Å²) in [5, 5.41) is 11.7. The van der Waals surface area contributed by atoms with Crippen LogP contribution >= 0.6 is 15.9 Å². The van der Waals surface area contributed by atoms with Crippen molar-refractivity contribution in [3.63, 3.8) is 0 Å². The molecule has 19 heavy (non-hydrogen) atoms. The van der Waals surface area contributed by atoms with Crippen molar-refractivity contribution in [3.05, 3.63) is 45.9 Å². The van der Waals surface area contributed by atoms with Gasteiger partial charge < -0.3 is 10.4 Å². The van der Waals surface area contributed by atoms with Gasteiger partial charge in [-0.2, -0.15) is 0 Å². The number of aryl methyl sites for hydroxylation is 1. The number of nitrogens with zero attached hydrogens (tertiary/aromatic N) is 2. The van der Waals surface area contributed by atoms with Crippen LogP contribution in [0, 0.1) is 12.7 Å². The minimum Gasteiger partial charge on any atom is -0.478 e. The molecule has 0 bridgehead atoms. The molecule has 0 fully saturated rings. The highest BCUT2D eigenvalue weighted by molar-refractivity contribution is 9.10. The van der Waals surface area contributed by atoms with Gasteiger partial charge in [0.2, 0.25) is 5.95 Å². The van der Waals surface area contributed by atoms with E-state index in [-0.39, 0.29) is 11.5 Å². The number of carboxylic acids is 1. The third-order valence-corrected chi connectivity index (χ3v) is 3.03. The molecule has 1 heterocycles. The predicted molar refractivity (Wildman–Crippen MR) is 71.1 cm³/mol. The molecule has 1 aromatic heterocycles. The van der Waals surface area contributed by atoms with Gasteiger partial charge in [0.1, 0.15) is 5.82 Å². The molecule has 5 nitrogen and oxygen atoms in total. The van der Waals surface area contributed by atoms with E-state index in [0.29, 0.717) is 15.9 Å². The lowest BCUT2D eigenvalue weighted by molar-refractivity contribution is 0.0695. The van der Waals surface area contributed by atoms with Gasteiger partial charge in [-0.05, 0) is 41.1 Å². The molecule has 0 aliphatic rings. The molecule has 0 aliphatic heterocycles. The Kier molecular flexibility index (Phi) is 3.75. The Labute approximate surface area is 116 Å². The van der Waals surface area contributed by atoms with Crippen molar-refractivity contribution < 1.29 is 14.3 Å². The fourth-order valence-electron chi connectivity index (χ4n) is 1.44. The zero-order valence-electron chi connectivity index (χ0n) is 9.82. The summed E-state index contributed by atoms with van der Waals surface area (Å²) in [5.41, 5.74) is 0.846. The second kappa shape index (κ2) is 5.31. The molecule has 0 radical (unpaired) electrons. The minimum atomic E-state index is -1.08. The molecule has 2 N–H and O–H groups in total. The first-order chi connectivity index (χ1) is 8.97. The lowest BCUT2D eigenvalue weighted by Crippen LogP contribution is -2.06. The molecule has 2 aromatic rings. The number of hydrogen-bond acceptors (Lipinski definition) is 4. The van der Waals surface area contributed by atoms with Gasteiger partial charge >= 0.3 is 5.97 Å². The van der Waals surface area contributed by atoms with Crippen LogP contribution < -0.4 is 5.32 Å². The van der Waals surface area contributed by atoms with Gasteiger partial charge in [-0.1, -0.05) is 0 Å². The van der Waals surface area contributed by atoms with E-state index in [2.05, 4.69) is 31.2 Å². The summed E-state index contributed by atoms with van der Waals surface area (Å²) in [6.45, 7) is 1.57. The Morgan fingerprint density at radius 2 is 2.21 bits per heavy atom. The fourth-order valence-corrected chi connectivity index (χ4v) is 1.69. The summed E-state index contributed by atoms with van der Waals surface area (Å²) in [4.78, 5) is 18.7. The summed E-state index contributed by atoms with van der Waals surface area (Å²) in [6.07, 6.45) is 1.21. The summed E-state index contributed by atoms with van der Waals surface area (Å²) in [6, 6.07) is 4.49. The smallest absolute Gasteiger partial charge is 0.339 e. The van der Waals surface area contributed by atoms with Crippen molar-refractivity contribution in [2.75, 3.05) is 5.32 Å². The van der Waals surface area contributed by atoms with Gasteiger partial charge in [-0.15, -0.1) is 0 Å². The van der Waals surface area contributed by atoms with E-state index in [1.54, 1.807) is 19.1 Å². The van der Waals surface area contributed by atoms with Crippen LogP contribution in [0.25, 0.3) is 0 Å². The molecular formula is C12H9BrFN3O2. The molecule has 0 spiro atoms. The number of benzene rings is 1. The number of halogens is 2. The lowest BCUT2D eigenvalue weighted by Gasteiger charge is -2.07. The third kappa shape index (κ3) is 3.05. The Bertz CT molecular complexity index is 649. The van der Waals surface area contributed by atoms with E-state index in [4.69, 9.17) is 5.11 Å². The second-order valence-corrected chi connectivity index (χ2v) is 4.61. The molecule has 0 saturated heterocycles. The fraction of sp³-hybridized carbons (Fsp3) is 0.0833. The van der Waals surface area contributed by atoms with Gasteiger partial charge in [0.25, 0.3) is 0 Å². The highest BCUT2D eigenvalue weighted by Gasteiger charge is 2.10. The van der Waals surface area contributed by atoms with Crippen LogP contribution in [0.2, 0.25) is 0 Å². The molecule has 0 atom stereocenters. The van der Waals surface area contributed by atoms with E-state index in [9.17, 15) is 9.18 Å². The van der Waals surface area contributed by atoms with Crippen molar-refractivity contribution in [1.82, 2.24) is 9.97 Å². The molecule has 7 heteroatoms. The lowest BCUT2D eigenvalue weighted by atomic mass is 10.2. The minimum absolute atomic E-state index is 0.0348. The molecular weight excluding hydrogens is 317 g/mol. The maximum absolute atomic E-state index is 13.3. The Balaban J connectivity index is 2.26. The van der Waals surface area contributed by atoms with E-state index in [1.807, 2.05) is 0 Å². The van der Waals surface area contributed by atoms with Crippen molar-refractivity contribution >= 4 is 33.5 Å². The molecule has 0 aliphatic carbocycles. The quantitative estimate of drug-likeness (QED) is 0.906. The molecule has 98 valence electrons. The summed E-state index contributed by atoms with van der Waals surface area (Å²) < 4.78 is 13.7. The average molecular weight is 326 g/mol. The van der Waals surface area contributed by atoms with Crippen molar-refractivity contribution in [3.8, 4) is 0 Å². The van der Waals surface area contributed by atoms with E-state index in [1.165, 1.54) is 12.3 Å². The number of rotatable bonds is 3. The number of carboxylic acid groups (broad SMARTS) is 1.